The van der Waals surface area contributed by atoms with Gasteiger partial charge in [0.2, 0.25) is 0 Å². The molecule has 2 atom stereocenters. The lowest BCUT2D eigenvalue weighted by atomic mass is 9.97. The minimum Gasteiger partial charge on any atom is -0.492 e. The largest absolute Gasteiger partial charge is 0.492 e. The Morgan fingerprint density at radius 3 is 2.59 bits per heavy atom. The van der Waals surface area contributed by atoms with E-state index >= 15 is 0 Å². The summed E-state index contributed by atoms with van der Waals surface area (Å²) in [4.78, 5) is 22.3. The Morgan fingerprint density at radius 1 is 1.36 bits per heavy atom. The van der Waals surface area contributed by atoms with Gasteiger partial charge in [-0.3, -0.25) is 14.9 Å². The minimum absolute atomic E-state index is 0.0460. The van der Waals surface area contributed by atoms with Crippen molar-refractivity contribution in [2.75, 3.05) is 7.11 Å². The van der Waals surface area contributed by atoms with E-state index < -0.39 is 10.3 Å². The summed E-state index contributed by atoms with van der Waals surface area (Å²) in [5, 5.41) is 10.6. The summed E-state index contributed by atoms with van der Waals surface area (Å²) in [5.74, 6) is 0.419. The predicted molar refractivity (Wildman–Crippen MR) is 77.8 cm³/mol. The standard InChI is InChI=1S/C16H17NO5/c1-15-8-7-13(16(15,10-15)14(18)21-2)22-9-11-3-5-12(6-4-11)17(19)20/h3-7H,8-10H2,1-2H3/t15-,16-/m1/s1. The third-order valence-electron chi connectivity index (χ3n) is 4.79. The molecule has 1 saturated carbocycles. The molecule has 0 bridgehead atoms. The van der Waals surface area contributed by atoms with Crippen LogP contribution in [0.25, 0.3) is 0 Å². The first kappa shape index (κ1) is 14.6. The van der Waals surface area contributed by atoms with Crippen LogP contribution in [0.2, 0.25) is 0 Å². The van der Waals surface area contributed by atoms with Crippen LogP contribution in [0.15, 0.2) is 36.1 Å². The number of hydrogen-bond donors (Lipinski definition) is 0. The van der Waals surface area contributed by atoms with Crippen LogP contribution in [0.5, 0.6) is 0 Å². The van der Waals surface area contributed by atoms with Crippen molar-refractivity contribution in [2.45, 2.75) is 26.4 Å². The van der Waals surface area contributed by atoms with Gasteiger partial charge in [0, 0.05) is 12.1 Å². The van der Waals surface area contributed by atoms with Crippen LogP contribution < -0.4 is 0 Å². The van der Waals surface area contributed by atoms with Gasteiger partial charge in [-0.05, 0) is 42.0 Å². The maximum Gasteiger partial charge on any atom is 0.320 e. The number of hydrogen-bond acceptors (Lipinski definition) is 5. The molecular formula is C16H17NO5. The summed E-state index contributed by atoms with van der Waals surface area (Å²) in [6.45, 7) is 2.33. The van der Waals surface area contributed by atoms with Crippen LogP contribution in [0.3, 0.4) is 0 Å². The molecule has 1 fully saturated rings. The number of non-ortho nitro benzene ring substituents is 1. The van der Waals surface area contributed by atoms with Crippen LogP contribution >= 0.6 is 0 Å². The first-order valence-corrected chi connectivity index (χ1v) is 7.08. The van der Waals surface area contributed by atoms with Crippen molar-refractivity contribution in [3.63, 3.8) is 0 Å². The summed E-state index contributed by atoms with van der Waals surface area (Å²) in [5.41, 5.74) is 0.137. The van der Waals surface area contributed by atoms with Crippen LogP contribution in [0, 0.1) is 20.9 Å². The molecule has 0 spiro atoms. The van der Waals surface area contributed by atoms with E-state index in [0.717, 1.165) is 18.4 Å². The van der Waals surface area contributed by atoms with Gasteiger partial charge >= 0.3 is 5.97 Å². The van der Waals surface area contributed by atoms with Gasteiger partial charge in [-0.2, -0.15) is 0 Å². The van der Waals surface area contributed by atoms with E-state index in [1.54, 1.807) is 12.1 Å². The number of nitrogens with zero attached hydrogens (tertiary/aromatic N) is 1. The van der Waals surface area contributed by atoms with Gasteiger partial charge in [-0.15, -0.1) is 0 Å². The Labute approximate surface area is 127 Å². The van der Waals surface area contributed by atoms with Crippen LogP contribution in [0.1, 0.15) is 25.3 Å². The van der Waals surface area contributed by atoms with E-state index in [4.69, 9.17) is 9.47 Å². The van der Waals surface area contributed by atoms with E-state index in [1.807, 2.05) is 6.08 Å². The highest BCUT2D eigenvalue weighted by Crippen LogP contribution is 2.74. The van der Waals surface area contributed by atoms with Gasteiger partial charge in [0.25, 0.3) is 5.69 Å². The number of ether oxygens (including phenoxy) is 2. The Balaban J connectivity index is 1.69. The number of benzene rings is 1. The highest BCUT2D eigenvalue weighted by Gasteiger charge is 2.75. The summed E-state index contributed by atoms with van der Waals surface area (Å²) in [6, 6.07) is 6.20. The van der Waals surface area contributed by atoms with Crippen molar-refractivity contribution in [3.05, 3.63) is 51.8 Å². The Hall–Kier alpha value is -2.37. The third-order valence-corrected chi connectivity index (χ3v) is 4.79. The zero-order valence-corrected chi connectivity index (χ0v) is 12.5. The monoisotopic (exact) mass is 303 g/mol. The zero-order valence-electron chi connectivity index (χ0n) is 12.5. The SMILES string of the molecule is COC(=O)[C@]12C[C@@]1(C)CC=C2OCc1ccc([N+](=O)[O-])cc1. The molecule has 2 aliphatic rings. The molecule has 1 aromatic rings. The van der Waals surface area contributed by atoms with Gasteiger partial charge in [-0.25, -0.2) is 0 Å². The molecule has 22 heavy (non-hydrogen) atoms. The number of nitro groups is 1. The van der Waals surface area contributed by atoms with E-state index in [2.05, 4.69) is 6.92 Å². The van der Waals surface area contributed by atoms with Crippen molar-refractivity contribution in [2.24, 2.45) is 10.8 Å². The number of allylic oxidation sites excluding steroid dienone is 1. The van der Waals surface area contributed by atoms with Gasteiger partial charge in [0.15, 0.2) is 0 Å². The smallest absolute Gasteiger partial charge is 0.320 e. The van der Waals surface area contributed by atoms with Gasteiger partial charge in [0.1, 0.15) is 17.8 Å². The average molecular weight is 303 g/mol. The molecule has 6 heteroatoms. The topological polar surface area (TPSA) is 78.7 Å². The molecule has 0 amide bonds. The average Bonchev–Trinajstić information content (AvgIpc) is 3.04. The van der Waals surface area contributed by atoms with Gasteiger partial charge < -0.3 is 9.47 Å². The maximum absolute atomic E-state index is 12.1. The molecule has 6 nitrogen and oxygen atoms in total. The lowest BCUT2D eigenvalue weighted by Crippen LogP contribution is -2.24. The Morgan fingerprint density at radius 2 is 2.05 bits per heavy atom. The fourth-order valence-electron chi connectivity index (χ4n) is 3.31. The molecule has 0 radical (unpaired) electrons. The molecule has 116 valence electrons. The van der Waals surface area contributed by atoms with Crippen molar-refractivity contribution in [1.82, 2.24) is 0 Å². The van der Waals surface area contributed by atoms with Crippen molar-refractivity contribution >= 4 is 11.7 Å². The number of carbonyl (C=O) groups excluding carboxylic acids is 1. The lowest BCUT2D eigenvalue weighted by Gasteiger charge is -2.18. The molecule has 0 aromatic heterocycles. The molecular weight excluding hydrogens is 286 g/mol. The molecule has 3 rings (SSSR count). The molecule has 0 saturated heterocycles. The number of carbonyl (C=O) groups is 1. The van der Waals surface area contributed by atoms with Gasteiger partial charge in [-0.1, -0.05) is 6.92 Å². The summed E-state index contributed by atoms with van der Waals surface area (Å²) in [7, 11) is 1.39. The van der Waals surface area contributed by atoms with E-state index in [-0.39, 0.29) is 23.7 Å². The number of methoxy groups -OCH3 is 1. The highest BCUT2D eigenvalue weighted by atomic mass is 16.6. The number of fused-ring (bicyclic) bond motifs is 1. The van der Waals surface area contributed by atoms with Gasteiger partial charge in [0.05, 0.1) is 12.0 Å². The summed E-state index contributed by atoms with van der Waals surface area (Å²) in [6.07, 6.45) is 3.50. The normalized spacial score (nSPS) is 28.5. The fourth-order valence-corrected chi connectivity index (χ4v) is 3.31. The lowest BCUT2D eigenvalue weighted by molar-refractivity contribution is -0.384. The van der Waals surface area contributed by atoms with Crippen LogP contribution in [-0.4, -0.2) is 18.0 Å². The number of esters is 1. The second-order valence-electron chi connectivity index (χ2n) is 6.12. The summed E-state index contributed by atoms with van der Waals surface area (Å²) < 4.78 is 10.8. The fraction of sp³-hybridized carbons (Fsp3) is 0.438. The first-order valence-electron chi connectivity index (χ1n) is 7.08. The molecule has 0 unspecified atom stereocenters. The zero-order chi connectivity index (χ0) is 16.0. The molecule has 0 heterocycles. The quantitative estimate of drug-likeness (QED) is 0.474. The third kappa shape index (κ3) is 1.98. The molecule has 0 aliphatic heterocycles. The summed E-state index contributed by atoms with van der Waals surface area (Å²) >= 11 is 0. The van der Waals surface area contributed by atoms with E-state index in [0.29, 0.717) is 5.76 Å². The van der Waals surface area contributed by atoms with Crippen molar-refractivity contribution < 1.29 is 19.2 Å². The first-order chi connectivity index (χ1) is 10.4. The number of nitro benzene ring substituents is 1. The minimum atomic E-state index is -0.636. The van der Waals surface area contributed by atoms with Crippen molar-refractivity contribution in [3.8, 4) is 0 Å². The predicted octanol–water partition coefficient (Wildman–Crippen LogP) is 2.97. The second kappa shape index (κ2) is 4.83. The molecule has 1 aromatic carbocycles. The maximum atomic E-state index is 12.1. The highest BCUT2D eigenvalue weighted by molar-refractivity contribution is 5.86. The Bertz CT molecular complexity index is 666. The van der Waals surface area contributed by atoms with Crippen LogP contribution in [0.4, 0.5) is 5.69 Å². The second-order valence-corrected chi connectivity index (χ2v) is 6.12. The molecule has 2 aliphatic carbocycles. The van der Waals surface area contributed by atoms with Crippen molar-refractivity contribution in [1.29, 1.82) is 0 Å². The number of rotatable bonds is 5. The van der Waals surface area contributed by atoms with Crippen LogP contribution in [-0.2, 0) is 20.9 Å². The molecule has 0 N–H and O–H groups in total. The Kier molecular flexibility index (Phi) is 3.20. The van der Waals surface area contributed by atoms with E-state index in [1.165, 1.54) is 19.2 Å². The van der Waals surface area contributed by atoms with E-state index in [9.17, 15) is 14.9 Å².